The zero-order valence-corrected chi connectivity index (χ0v) is 8.54. The van der Waals surface area contributed by atoms with E-state index in [4.69, 9.17) is 10.00 Å². The summed E-state index contributed by atoms with van der Waals surface area (Å²) in [5.74, 6) is 0.0310. The first-order valence-corrected chi connectivity index (χ1v) is 5.04. The summed E-state index contributed by atoms with van der Waals surface area (Å²) in [6.07, 6.45) is 0.158. The minimum atomic E-state index is -2.55. The molecule has 2 rings (SSSR count). The Morgan fingerprint density at radius 3 is 3.00 bits per heavy atom. The largest absolute Gasteiger partial charge is 0.471 e. The van der Waals surface area contributed by atoms with Crippen LogP contribution in [-0.4, -0.2) is 18.0 Å². The Morgan fingerprint density at radius 2 is 2.31 bits per heavy atom. The summed E-state index contributed by atoms with van der Waals surface area (Å²) in [4.78, 5) is 4.12. The van der Waals surface area contributed by atoms with Crippen molar-refractivity contribution in [3.8, 4) is 11.9 Å². The Labute approximate surface area is 91.7 Å². The summed E-state index contributed by atoms with van der Waals surface area (Å²) in [7, 11) is 0. The molecule has 0 saturated carbocycles. The van der Waals surface area contributed by atoms with Crippen molar-refractivity contribution in [3.05, 3.63) is 22.9 Å². The Kier molecular flexibility index (Phi) is 3.00. The van der Waals surface area contributed by atoms with E-state index in [2.05, 4.69) is 4.98 Å². The molecule has 16 heavy (non-hydrogen) atoms. The maximum absolute atomic E-state index is 12.0. The molecule has 1 aliphatic rings. The average molecular weight is 224 g/mol. The lowest BCUT2D eigenvalue weighted by atomic mass is 10.1. The minimum Gasteiger partial charge on any atom is -0.471 e. The van der Waals surface area contributed by atoms with Gasteiger partial charge in [-0.1, -0.05) is 0 Å². The van der Waals surface area contributed by atoms with Crippen molar-refractivity contribution < 1.29 is 13.5 Å². The first-order chi connectivity index (χ1) is 7.70. The monoisotopic (exact) mass is 224 g/mol. The van der Waals surface area contributed by atoms with E-state index >= 15 is 0 Å². The molecule has 0 aromatic carbocycles. The second-order valence-electron chi connectivity index (χ2n) is 3.61. The van der Waals surface area contributed by atoms with Crippen LogP contribution in [0.25, 0.3) is 0 Å². The van der Waals surface area contributed by atoms with Crippen LogP contribution < -0.4 is 4.74 Å². The van der Waals surface area contributed by atoms with Gasteiger partial charge in [-0.15, -0.1) is 0 Å². The molecule has 0 N–H and O–H groups in total. The van der Waals surface area contributed by atoms with Crippen LogP contribution in [0.5, 0.6) is 5.88 Å². The molecule has 0 saturated heterocycles. The zero-order chi connectivity index (χ0) is 11.5. The van der Waals surface area contributed by atoms with Crippen LogP contribution in [0.15, 0.2) is 6.07 Å². The van der Waals surface area contributed by atoms with Crippen LogP contribution >= 0.6 is 0 Å². The van der Waals surface area contributed by atoms with E-state index in [1.165, 1.54) is 0 Å². The SMILES string of the molecule is N#Cc1cc2c(nc1OCC(F)F)CCC2. The lowest BCUT2D eigenvalue weighted by molar-refractivity contribution is 0.0793. The van der Waals surface area contributed by atoms with E-state index in [0.717, 1.165) is 30.5 Å². The molecular weight excluding hydrogens is 214 g/mol. The Bertz CT molecular complexity index is 440. The number of nitriles is 1. The summed E-state index contributed by atoms with van der Waals surface area (Å²) >= 11 is 0. The van der Waals surface area contributed by atoms with Gasteiger partial charge in [0.15, 0.2) is 6.61 Å². The van der Waals surface area contributed by atoms with Gasteiger partial charge in [-0.05, 0) is 30.9 Å². The highest BCUT2D eigenvalue weighted by Gasteiger charge is 2.17. The van der Waals surface area contributed by atoms with Crippen LogP contribution in [0, 0.1) is 11.3 Å². The van der Waals surface area contributed by atoms with E-state index in [1.54, 1.807) is 6.07 Å². The third-order valence-corrected chi connectivity index (χ3v) is 2.48. The van der Waals surface area contributed by atoms with Crippen LogP contribution in [0.2, 0.25) is 0 Å². The first kappa shape index (κ1) is 10.8. The van der Waals surface area contributed by atoms with Crippen molar-refractivity contribution in [1.82, 2.24) is 4.98 Å². The number of nitrogens with zero attached hydrogens (tertiary/aromatic N) is 2. The van der Waals surface area contributed by atoms with Gasteiger partial charge in [-0.2, -0.15) is 5.26 Å². The molecule has 3 nitrogen and oxygen atoms in total. The maximum Gasteiger partial charge on any atom is 0.272 e. The highest BCUT2D eigenvalue weighted by Crippen LogP contribution is 2.26. The molecule has 0 spiro atoms. The van der Waals surface area contributed by atoms with Crippen LogP contribution in [-0.2, 0) is 12.8 Å². The smallest absolute Gasteiger partial charge is 0.272 e. The number of aryl methyl sites for hydroxylation is 2. The number of rotatable bonds is 3. The Hall–Kier alpha value is -1.70. The quantitative estimate of drug-likeness (QED) is 0.789. The molecular formula is C11H10F2N2O. The van der Waals surface area contributed by atoms with Gasteiger partial charge in [-0.25, -0.2) is 13.8 Å². The Balaban J connectivity index is 2.26. The molecule has 1 aliphatic carbocycles. The van der Waals surface area contributed by atoms with Crippen molar-refractivity contribution in [1.29, 1.82) is 5.26 Å². The number of ether oxygens (including phenoxy) is 1. The summed E-state index contributed by atoms with van der Waals surface area (Å²) in [6, 6.07) is 3.61. The van der Waals surface area contributed by atoms with Crippen LogP contribution in [0.4, 0.5) is 8.78 Å². The van der Waals surface area contributed by atoms with Crippen molar-refractivity contribution in [2.45, 2.75) is 25.7 Å². The third-order valence-electron chi connectivity index (χ3n) is 2.48. The molecule has 5 heteroatoms. The number of hydrogen-bond acceptors (Lipinski definition) is 3. The van der Waals surface area contributed by atoms with E-state index in [1.807, 2.05) is 6.07 Å². The number of alkyl halides is 2. The fourth-order valence-electron chi connectivity index (χ4n) is 1.79. The molecule has 0 atom stereocenters. The fraction of sp³-hybridized carbons (Fsp3) is 0.455. The first-order valence-electron chi connectivity index (χ1n) is 5.04. The molecule has 0 aliphatic heterocycles. The second-order valence-corrected chi connectivity index (χ2v) is 3.61. The third kappa shape index (κ3) is 2.11. The Morgan fingerprint density at radius 1 is 1.50 bits per heavy atom. The van der Waals surface area contributed by atoms with Gasteiger partial charge >= 0.3 is 0 Å². The maximum atomic E-state index is 12.0. The predicted octanol–water partition coefficient (Wildman–Crippen LogP) is 2.09. The standard InChI is InChI=1S/C11H10F2N2O/c12-10(13)6-16-11-8(5-14)4-7-2-1-3-9(7)15-11/h4,10H,1-3,6H2. The molecule has 1 aromatic heterocycles. The minimum absolute atomic E-state index is 0.0310. The molecule has 0 bridgehead atoms. The summed E-state index contributed by atoms with van der Waals surface area (Å²) < 4.78 is 28.8. The molecule has 1 heterocycles. The van der Waals surface area contributed by atoms with E-state index < -0.39 is 13.0 Å². The average Bonchev–Trinajstić information content (AvgIpc) is 2.71. The molecule has 84 valence electrons. The number of hydrogen-bond donors (Lipinski definition) is 0. The number of halogens is 2. The van der Waals surface area contributed by atoms with Crippen molar-refractivity contribution in [2.24, 2.45) is 0 Å². The molecule has 1 aromatic rings. The van der Waals surface area contributed by atoms with E-state index in [-0.39, 0.29) is 11.4 Å². The zero-order valence-electron chi connectivity index (χ0n) is 8.54. The van der Waals surface area contributed by atoms with Crippen molar-refractivity contribution in [3.63, 3.8) is 0 Å². The van der Waals surface area contributed by atoms with Gasteiger partial charge in [0.1, 0.15) is 11.6 Å². The second kappa shape index (κ2) is 4.44. The summed E-state index contributed by atoms with van der Waals surface area (Å²) in [5.41, 5.74) is 2.13. The predicted molar refractivity (Wildman–Crippen MR) is 52.5 cm³/mol. The van der Waals surface area contributed by atoms with Gasteiger partial charge in [0.2, 0.25) is 5.88 Å². The van der Waals surface area contributed by atoms with E-state index in [0.29, 0.717) is 0 Å². The van der Waals surface area contributed by atoms with Gasteiger partial charge in [0.25, 0.3) is 6.43 Å². The summed E-state index contributed by atoms with van der Waals surface area (Å²) in [5, 5.41) is 8.86. The van der Waals surface area contributed by atoms with Crippen LogP contribution in [0.1, 0.15) is 23.2 Å². The van der Waals surface area contributed by atoms with E-state index in [9.17, 15) is 8.78 Å². The van der Waals surface area contributed by atoms with Gasteiger partial charge in [0, 0.05) is 5.69 Å². The van der Waals surface area contributed by atoms with Crippen molar-refractivity contribution >= 4 is 0 Å². The van der Waals surface area contributed by atoms with Gasteiger partial charge < -0.3 is 4.74 Å². The normalized spacial score (nSPS) is 13.6. The molecule has 0 amide bonds. The number of aromatic nitrogens is 1. The lowest BCUT2D eigenvalue weighted by Gasteiger charge is -2.08. The highest BCUT2D eigenvalue weighted by molar-refractivity contribution is 5.44. The molecule has 0 radical (unpaired) electrons. The topological polar surface area (TPSA) is 45.9 Å². The molecule has 0 fully saturated rings. The van der Waals surface area contributed by atoms with Crippen LogP contribution in [0.3, 0.4) is 0 Å². The number of fused-ring (bicyclic) bond motifs is 1. The molecule has 0 unspecified atom stereocenters. The number of pyridine rings is 1. The van der Waals surface area contributed by atoms with Gasteiger partial charge in [-0.3, -0.25) is 0 Å². The summed E-state index contributed by atoms with van der Waals surface area (Å²) in [6.45, 7) is -0.722. The lowest BCUT2D eigenvalue weighted by Crippen LogP contribution is -2.10. The highest BCUT2D eigenvalue weighted by atomic mass is 19.3. The van der Waals surface area contributed by atoms with Gasteiger partial charge in [0.05, 0.1) is 0 Å². The fourth-order valence-corrected chi connectivity index (χ4v) is 1.79. The van der Waals surface area contributed by atoms with Crippen molar-refractivity contribution in [2.75, 3.05) is 6.61 Å².